The summed E-state index contributed by atoms with van der Waals surface area (Å²) in [4.78, 5) is 19.5. The van der Waals surface area contributed by atoms with Gasteiger partial charge in [0, 0.05) is 0 Å². The van der Waals surface area contributed by atoms with Gasteiger partial charge < -0.3 is 5.32 Å². The SMILES string of the molecule is O=C(Nc1ncc(Br)nc1Br)c1ccc(F)c(F)c1F. The molecule has 0 unspecified atom stereocenters. The number of rotatable bonds is 2. The second kappa shape index (κ2) is 5.88. The molecule has 2 aromatic rings. The molecule has 1 heterocycles. The van der Waals surface area contributed by atoms with E-state index < -0.39 is 28.9 Å². The minimum Gasteiger partial charge on any atom is -0.304 e. The Labute approximate surface area is 127 Å². The maximum absolute atomic E-state index is 13.4. The van der Waals surface area contributed by atoms with E-state index in [-0.39, 0.29) is 10.4 Å². The monoisotopic (exact) mass is 409 g/mol. The van der Waals surface area contributed by atoms with Gasteiger partial charge in [-0.05, 0) is 44.0 Å². The van der Waals surface area contributed by atoms with Crippen LogP contribution < -0.4 is 5.32 Å². The quantitative estimate of drug-likeness (QED) is 0.768. The van der Waals surface area contributed by atoms with Crippen LogP contribution in [0.25, 0.3) is 0 Å². The van der Waals surface area contributed by atoms with E-state index in [0.29, 0.717) is 10.7 Å². The number of carbonyl (C=O) groups is 1. The van der Waals surface area contributed by atoms with Crippen LogP contribution in [0, 0.1) is 17.5 Å². The number of benzene rings is 1. The normalized spacial score (nSPS) is 10.4. The molecule has 1 N–H and O–H groups in total. The van der Waals surface area contributed by atoms with Crippen LogP contribution in [0.4, 0.5) is 19.0 Å². The van der Waals surface area contributed by atoms with Gasteiger partial charge in [-0.2, -0.15) is 0 Å². The number of hydrogen-bond donors (Lipinski definition) is 1. The molecule has 0 aliphatic rings. The number of carbonyl (C=O) groups excluding carboxylic acids is 1. The average molecular weight is 411 g/mol. The van der Waals surface area contributed by atoms with E-state index in [1.54, 1.807) is 0 Å². The molecule has 0 saturated carbocycles. The molecule has 1 aromatic carbocycles. The lowest BCUT2D eigenvalue weighted by atomic mass is 10.2. The molecule has 0 saturated heterocycles. The lowest BCUT2D eigenvalue weighted by molar-refractivity contribution is 0.102. The zero-order chi connectivity index (χ0) is 14.9. The zero-order valence-corrected chi connectivity index (χ0v) is 12.6. The smallest absolute Gasteiger partial charge is 0.259 e. The van der Waals surface area contributed by atoms with E-state index in [2.05, 4.69) is 47.1 Å². The fourth-order valence-corrected chi connectivity index (χ4v) is 2.22. The third-order valence-corrected chi connectivity index (χ3v) is 3.15. The first-order valence-electron chi connectivity index (χ1n) is 5.03. The molecular formula is C11H4Br2F3N3O. The Morgan fingerprint density at radius 2 is 1.85 bits per heavy atom. The lowest BCUT2D eigenvalue weighted by Gasteiger charge is -2.07. The Bertz CT molecular complexity index is 697. The number of nitrogens with zero attached hydrogens (tertiary/aromatic N) is 2. The maximum Gasteiger partial charge on any atom is 0.259 e. The third-order valence-electron chi connectivity index (χ3n) is 2.21. The van der Waals surface area contributed by atoms with Crippen molar-refractivity contribution in [1.29, 1.82) is 0 Å². The number of aromatic nitrogens is 2. The maximum atomic E-state index is 13.4. The Morgan fingerprint density at radius 3 is 2.50 bits per heavy atom. The van der Waals surface area contributed by atoms with Crippen molar-refractivity contribution in [2.24, 2.45) is 0 Å². The Morgan fingerprint density at radius 1 is 1.15 bits per heavy atom. The summed E-state index contributed by atoms with van der Waals surface area (Å²) in [5, 5.41) is 2.23. The Balaban J connectivity index is 2.31. The Kier molecular flexibility index (Phi) is 4.39. The van der Waals surface area contributed by atoms with E-state index in [0.717, 1.165) is 6.07 Å². The highest BCUT2D eigenvalue weighted by Gasteiger charge is 2.20. The topological polar surface area (TPSA) is 54.9 Å². The van der Waals surface area contributed by atoms with Gasteiger partial charge in [0.2, 0.25) is 0 Å². The average Bonchev–Trinajstić information content (AvgIpc) is 2.39. The summed E-state index contributed by atoms with van der Waals surface area (Å²) in [5.41, 5.74) is -0.638. The molecule has 0 atom stereocenters. The van der Waals surface area contributed by atoms with Gasteiger partial charge in [0.15, 0.2) is 23.3 Å². The molecule has 0 radical (unpaired) electrons. The zero-order valence-electron chi connectivity index (χ0n) is 9.42. The third kappa shape index (κ3) is 2.98. The summed E-state index contributed by atoms with van der Waals surface area (Å²) in [5.74, 6) is -5.60. The predicted octanol–water partition coefficient (Wildman–Crippen LogP) is 3.67. The van der Waals surface area contributed by atoms with Crippen molar-refractivity contribution in [3.63, 3.8) is 0 Å². The molecule has 9 heteroatoms. The number of hydrogen-bond acceptors (Lipinski definition) is 3. The van der Waals surface area contributed by atoms with Gasteiger partial charge in [0.25, 0.3) is 5.91 Å². The van der Waals surface area contributed by atoms with E-state index in [1.807, 2.05) is 0 Å². The molecule has 20 heavy (non-hydrogen) atoms. The number of anilines is 1. The number of amides is 1. The summed E-state index contributed by atoms with van der Waals surface area (Å²) < 4.78 is 39.9. The van der Waals surface area contributed by atoms with Crippen LogP contribution >= 0.6 is 31.9 Å². The van der Waals surface area contributed by atoms with Crippen molar-refractivity contribution in [3.8, 4) is 0 Å². The van der Waals surface area contributed by atoms with E-state index in [9.17, 15) is 18.0 Å². The Hall–Kier alpha value is -1.48. The molecule has 0 bridgehead atoms. The minimum atomic E-state index is -1.71. The van der Waals surface area contributed by atoms with Crippen LogP contribution in [-0.4, -0.2) is 15.9 Å². The van der Waals surface area contributed by atoms with Crippen molar-refractivity contribution in [1.82, 2.24) is 9.97 Å². The molecule has 0 spiro atoms. The first-order chi connectivity index (χ1) is 9.40. The van der Waals surface area contributed by atoms with Crippen LogP contribution in [0.1, 0.15) is 10.4 Å². The van der Waals surface area contributed by atoms with Crippen LogP contribution in [0.15, 0.2) is 27.5 Å². The molecule has 0 aliphatic carbocycles. The van der Waals surface area contributed by atoms with Crippen molar-refractivity contribution < 1.29 is 18.0 Å². The van der Waals surface area contributed by atoms with Gasteiger partial charge in [-0.15, -0.1) is 0 Å². The van der Waals surface area contributed by atoms with E-state index >= 15 is 0 Å². The second-order valence-corrected chi connectivity index (χ2v) is 5.07. The molecule has 4 nitrogen and oxygen atoms in total. The molecule has 1 aromatic heterocycles. The van der Waals surface area contributed by atoms with Gasteiger partial charge >= 0.3 is 0 Å². The van der Waals surface area contributed by atoms with Crippen LogP contribution in [0.3, 0.4) is 0 Å². The standard InChI is InChI=1S/C11H4Br2F3N3O/c12-6-3-17-10(9(13)18-6)19-11(20)4-1-2-5(14)8(16)7(4)15/h1-3H,(H,17,19,20). The van der Waals surface area contributed by atoms with Gasteiger partial charge in [-0.25, -0.2) is 23.1 Å². The van der Waals surface area contributed by atoms with Gasteiger partial charge in [0.1, 0.15) is 9.21 Å². The summed E-state index contributed by atoms with van der Waals surface area (Å²) in [6, 6.07) is 1.50. The van der Waals surface area contributed by atoms with E-state index in [1.165, 1.54) is 6.20 Å². The van der Waals surface area contributed by atoms with Gasteiger partial charge in [-0.1, -0.05) is 0 Å². The molecule has 104 valence electrons. The molecule has 2 rings (SSSR count). The highest BCUT2D eigenvalue weighted by atomic mass is 79.9. The van der Waals surface area contributed by atoms with E-state index in [4.69, 9.17) is 0 Å². The minimum absolute atomic E-state index is 0.0160. The summed E-state index contributed by atoms with van der Waals surface area (Å²) in [7, 11) is 0. The highest BCUT2D eigenvalue weighted by Crippen LogP contribution is 2.21. The first kappa shape index (κ1) is 14.9. The fourth-order valence-electron chi connectivity index (χ4n) is 1.31. The first-order valence-corrected chi connectivity index (χ1v) is 6.61. The van der Waals surface area contributed by atoms with Crippen molar-refractivity contribution >= 4 is 43.6 Å². The number of nitrogens with one attached hydrogen (secondary N) is 1. The van der Waals surface area contributed by atoms with Gasteiger partial charge in [-0.3, -0.25) is 4.79 Å². The lowest BCUT2D eigenvalue weighted by Crippen LogP contribution is -2.16. The largest absolute Gasteiger partial charge is 0.304 e. The molecule has 0 fully saturated rings. The summed E-state index contributed by atoms with van der Waals surface area (Å²) >= 11 is 6.12. The van der Waals surface area contributed by atoms with Gasteiger partial charge in [0.05, 0.1) is 11.8 Å². The van der Waals surface area contributed by atoms with Crippen LogP contribution in [0.2, 0.25) is 0 Å². The summed E-state index contributed by atoms with van der Waals surface area (Å²) in [6.45, 7) is 0. The number of halogens is 5. The van der Waals surface area contributed by atoms with Crippen LogP contribution in [-0.2, 0) is 0 Å². The summed E-state index contributed by atoms with van der Waals surface area (Å²) in [6.07, 6.45) is 1.31. The second-order valence-electron chi connectivity index (χ2n) is 3.51. The van der Waals surface area contributed by atoms with Crippen molar-refractivity contribution in [2.45, 2.75) is 0 Å². The molecular weight excluding hydrogens is 407 g/mol. The molecule has 0 aliphatic heterocycles. The fraction of sp³-hybridized carbons (Fsp3) is 0. The van der Waals surface area contributed by atoms with Crippen LogP contribution in [0.5, 0.6) is 0 Å². The highest BCUT2D eigenvalue weighted by molar-refractivity contribution is 9.11. The predicted molar refractivity (Wildman–Crippen MR) is 71.7 cm³/mol. The van der Waals surface area contributed by atoms with Crippen molar-refractivity contribution in [3.05, 3.63) is 50.6 Å². The molecule has 1 amide bonds. The van der Waals surface area contributed by atoms with Crippen molar-refractivity contribution in [2.75, 3.05) is 5.32 Å².